The van der Waals surface area contributed by atoms with E-state index >= 15 is 0 Å². The summed E-state index contributed by atoms with van der Waals surface area (Å²) in [5.41, 5.74) is 2.32. The molecule has 0 heterocycles. The highest BCUT2D eigenvalue weighted by molar-refractivity contribution is 7.99. The van der Waals surface area contributed by atoms with Crippen molar-refractivity contribution < 1.29 is 14.5 Å². The molecule has 0 unspecified atom stereocenters. The van der Waals surface area contributed by atoms with Gasteiger partial charge in [0.25, 0.3) is 5.69 Å². The van der Waals surface area contributed by atoms with E-state index in [2.05, 4.69) is 5.32 Å². The van der Waals surface area contributed by atoms with Crippen molar-refractivity contribution in [3.8, 4) is 5.75 Å². The second kappa shape index (κ2) is 8.35. The first-order valence-corrected chi connectivity index (χ1v) is 8.40. The van der Waals surface area contributed by atoms with Crippen LogP contribution >= 0.6 is 11.8 Å². The Morgan fingerprint density at radius 3 is 2.58 bits per heavy atom. The third-order valence-electron chi connectivity index (χ3n) is 3.37. The molecule has 0 aliphatic heterocycles. The summed E-state index contributed by atoms with van der Waals surface area (Å²) in [6.07, 6.45) is 0. The highest BCUT2D eigenvalue weighted by Gasteiger charge is 2.11. The maximum Gasteiger partial charge on any atom is 0.271 e. The Labute approximate surface area is 144 Å². The standard InChI is InChI=1S/C17H18N2O4S/c1-12-3-6-14(19(21)22)9-16(12)18-17(20)11-24-10-13-4-7-15(23-2)8-5-13/h3-9H,10-11H2,1-2H3,(H,18,20). The van der Waals surface area contributed by atoms with Gasteiger partial charge in [0.1, 0.15) is 5.75 Å². The fraction of sp³-hybridized carbons (Fsp3) is 0.235. The number of hydrogen-bond acceptors (Lipinski definition) is 5. The predicted octanol–water partition coefficient (Wildman–Crippen LogP) is 3.78. The predicted molar refractivity (Wildman–Crippen MR) is 95.6 cm³/mol. The molecule has 1 N–H and O–H groups in total. The van der Waals surface area contributed by atoms with Crippen molar-refractivity contribution >= 4 is 29.0 Å². The molecule has 24 heavy (non-hydrogen) atoms. The third kappa shape index (κ3) is 4.99. The number of amides is 1. The third-order valence-corrected chi connectivity index (χ3v) is 4.37. The van der Waals surface area contributed by atoms with Crippen LogP contribution < -0.4 is 10.1 Å². The Morgan fingerprint density at radius 2 is 1.96 bits per heavy atom. The average Bonchev–Trinajstić information content (AvgIpc) is 2.57. The van der Waals surface area contributed by atoms with Crippen LogP contribution in [0, 0.1) is 17.0 Å². The van der Waals surface area contributed by atoms with Crippen LogP contribution in [0.25, 0.3) is 0 Å². The van der Waals surface area contributed by atoms with E-state index in [1.54, 1.807) is 20.1 Å². The summed E-state index contributed by atoms with van der Waals surface area (Å²) in [4.78, 5) is 22.3. The number of nitro groups is 1. The summed E-state index contributed by atoms with van der Waals surface area (Å²) < 4.78 is 5.10. The smallest absolute Gasteiger partial charge is 0.271 e. The Bertz CT molecular complexity index is 732. The van der Waals surface area contributed by atoms with Crippen molar-refractivity contribution in [2.24, 2.45) is 0 Å². The fourth-order valence-electron chi connectivity index (χ4n) is 2.03. The number of benzene rings is 2. The Kier molecular flexibility index (Phi) is 6.20. The maximum atomic E-state index is 12.0. The lowest BCUT2D eigenvalue weighted by molar-refractivity contribution is -0.384. The topological polar surface area (TPSA) is 81.5 Å². The molecule has 7 heteroatoms. The maximum absolute atomic E-state index is 12.0. The minimum Gasteiger partial charge on any atom is -0.497 e. The van der Waals surface area contributed by atoms with Gasteiger partial charge in [-0.15, -0.1) is 11.8 Å². The minimum absolute atomic E-state index is 0.0400. The first-order valence-electron chi connectivity index (χ1n) is 7.25. The van der Waals surface area contributed by atoms with Gasteiger partial charge in [-0.25, -0.2) is 0 Å². The molecule has 0 saturated carbocycles. The second-order valence-electron chi connectivity index (χ2n) is 5.15. The van der Waals surface area contributed by atoms with Crippen molar-refractivity contribution in [1.29, 1.82) is 0 Å². The second-order valence-corrected chi connectivity index (χ2v) is 6.13. The number of nitrogens with one attached hydrogen (secondary N) is 1. The van der Waals surface area contributed by atoms with Gasteiger partial charge in [-0.2, -0.15) is 0 Å². The van der Waals surface area contributed by atoms with E-state index in [0.717, 1.165) is 16.9 Å². The van der Waals surface area contributed by atoms with Gasteiger partial charge in [-0.3, -0.25) is 14.9 Å². The van der Waals surface area contributed by atoms with Gasteiger partial charge in [0.15, 0.2) is 0 Å². The summed E-state index contributed by atoms with van der Waals surface area (Å²) in [7, 11) is 1.62. The van der Waals surface area contributed by atoms with Gasteiger partial charge in [0, 0.05) is 17.9 Å². The zero-order valence-corrected chi connectivity index (χ0v) is 14.3. The quantitative estimate of drug-likeness (QED) is 0.609. The van der Waals surface area contributed by atoms with Crippen LogP contribution in [-0.2, 0) is 10.5 Å². The molecule has 2 aromatic carbocycles. The number of nitro benzene ring substituents is 1. The summed E-state index contributed by atoms with van der Waals surface area (Å²) in [5.74, 6) is 1.58. The number of hydrogen-bond donors (Lipinski definition) is 1. The van der Waals surface area contributed by atoms with Gasteiger partial charge < -0.3 is 10.1 Å². The lowest BCUT2D eigenvalue weighted by atomic mass is 10.2. The molecule has 0 aliphatic rings. The number of nitrogens with zero attached hydrogens (tertiary/aromatic N) is 1. The lowest BCUT2D eigenvalue weighted by Crippen LogP contribution is -2.15. The molecular weight excluding hydrogens is 328 g/mol. The summed E-state index contributed by atoms with van der Waals surface area (Å²) in [6, 6.07) is 12.1. The highest BCUT2D eigenvalue weighted by Crippen LogP contribution is 2.22. The lowest BCUT2D eigenvalue weighted by Gasteiger charge is -2.08. The first kappa shape index (κ1) is 17.8. The molecule has 0 saturated heterocycles. The summed E-state index contributed by atoms with van der Waals surface area (Å²) in [6.45, 7) is 1.80. The highest BCUT2D eigenvalue weighted by atomic mass is 32.2. The zero-order chi connectivity index (χ0) is 17.5. The van der Waals surface area contributed by atoms with E-state index in [-0.39, 0.29) is 17.3 Å². The number of rotatable bonds is 7. The summed E-state index contributed by atoms with van der Waals surface area (Å²) >= 11 is 1.48. The van der Waals surface area contributed by atoms with Crippen LogP contribution in [0.2, 0.25) is 0 Å². The van der Waals surface area contributed by atoms with Crippen LogP contribution in [-0.4, -0.2) is 23.7 Å². The van der Waals surface area contributed by atoms with Crippen LogP contribution in [0.1, 0.15) is 11.1 Å². The average molecular weight is 346 g/mol. The number of non-ortho nitro benzene ring substituents is 1. The normalized spacial score (nSPS) is 10.2. The number of anilines is 1. The van der Waals surface area contributed by atoms with Crippen molar-refractivity contribution in [1.82, 2.24) is 0 Å². The molecule has 2 aromatic rings. The molecule has 0 radical (unpaired) electrons. The Morgan fingerprint density at radius 1 is 1.25 bits per heavy atom. The number of aryl methyl sites for hydroxylation is 1. The van der Waals surface area contributed by atoms with Crippen LogP contribution in [0.5, 0.6) is 5.75 Å². The van der Waals surface area contributed by atoms with Crippen LogP contribution in [0.3, 0.4) is 0 Å². The number of thioether (sulfide) groups is 1. The van der Waals surface area contributed by atoms with Gasteiger partial charge in [-0.05, 0) is 30.2 Å². The number of methoxy groups -OCH3 is 1. The molecular formula is C17H18N2O4S. The molecule has 2 rings (SSSR count). The molecule has 0 aromatic heterocycles. The molecule has 0 spiro atoms. The molecule has 1 amide bonds. The number of ether oxygens (including phenoxy) is 1. The molecule has 126 valence electrons. The largest absolute Gasteiger partial charge is 0.497 e. The Balaban J connectivity index is 1.86. The van der Waals surface area contributed by atoms with E-state index in [0.29, 0.717) is 11.4 Å². The van der Waals surface area contributed by atoms with Crippen LogP contribution in [0.15, 0.2) is 42.5 Å². The Hall–Kier alpha value is -2.54. The molecule has 0 aliphatic carbocycles. The van der Waals surface area contributed by atoms with Gasteiger partial charge in [0.2, 0.25) is 5.91 Å². The van der Waals surface area contributed by atoms with E-state index in [1.165, 1.54) is 23.9 Å². The molecule has 0 fully saturated rings. The van der Waals surface area contributed by atoms with Gasteiger partial charge >= 0.3 is 0 Å². The SMILES string of the molecule is COc1ccc(CSCC(=O)Nc2cc([N+](=O)[O-])ccc2C)cc1. The molecule has 0 bridgehead atoms. The number of carbonyl (C=O) groups is 1. The van der Waals surface area contributed by atoms with Crippen molar-refractivity contribution in [2.75, 3.05) is 18.2 Å². The van der Waals surface area contributed by atoms with E-state index in [9.17, 15) is 14.9 Å². The van der Waals surface area contributed by atoms with Gasteiger partial charge in [-0.1, -0.05) is 18.2 Å². The van der Waals surface area contributed by atoms with Crippen molar-refractivity contribution in [3.63, 3.8) is 0 Å². The number of carbonyl (C=O) groups excluding carboxylic acids is 1. The van der Waals surface area contributed by atoms with Crippen molar-refractivity contribution in [3.05, 3.63) is 63.7 Å². The van der Waals surface area contributed by atoms with E-state index in [4.69, 9.17) is 4.74 Å². The summed E-state index contributed by atoms with van der Waals surface area (Å²) in [5, 5.41) is 13.5. The zero-order valence-electron chi connectivity index (χ0n) is 13.4. The van der Waals surface area contributed by atoms with E-state index < -0.39 is 4.92 Å². The first-order chi connectivity index (χ1) is 11.5. The fourth-order valence-corrected chi connectivity index (χ4v) is 2.82. The molecule has 6 nitrogen and oxygen atoms in total. The van der Waals surface area contributed by atoms with Crippen molar-refractivity contribution in [2.45, 2.75) is 12.7 Å². The molecule has 0 atom stereocenters. The van der Waals surface area contributed by atoms with Crippen LogP contribution in [0.4, 0.5) is 11.4 Å². The van der Waals surface area contributed by atoms with E-state index in [1.807, 2.05) is 24.3 Å². The monoisotopic (exact) mass is 346 g/mol. The van der Waals surface area contributed by atoms with Gasteiger partial charge in [0.05, 0.1) is 23.5 Å². The minimum atomic E-state index is -0.479.